The first-order chi connectivity index (χ1) is 15.2. The van der Waals surface area contributed by atoms with Gasteiger partial charge in [-0.15, -0.1) is 0 Å². The van der Waals surface area contributed by atoms with Gasteiger partial charge < -0.3 is 14.6 Å². The van der Waals surface area contributed by atoms with Gasteiger partial charge in [0.1, 0.15) is 11.5 Å². The minimum absolute atomic E-state index is 0.463. The van der Waals surface area contributed by atoms with Crippen LogP contribution in [0, 0.1) is 0 Å². The molecule has 0 unspecified atom stereocenters. The quantitative estimate of drug-likeness (QED) is 0.351. The van der Waals surface area contributed by atoms with Crippen LogP contribution in [0.5, 0.6) is 11.5 Å². The number of ether oxygens (including phenoxy) is 2. The van der Waals surface area contributed by atoms with E-state index >= 15 is 0 Å². The molecule has 0 heterocycles. The van der Waals surface area contributed by atoms with Crippen molar-refractivity contribution in [3.8, 4) is 22.6 Å². The van der Waals surface area contributed by atoms with Gasteiger partial charge in [-0.2, -0.15) is 0 Å². The number of fused-ring (bicyclic) bond motifs is 1. The highest BCUT2D eigenvalue weighted by atomic mass is 16.5. The third kappa shape index (κ3) is 4.65. The van der Waals surface area contributed by atoms with Gasteiger partial charge in [-0.3, -0.25) is 0 Å². The van der Waals surface area contributed by atoms with Gasteiger partial charge >= 0.3 is 5.97 Å². The summed E-state index contributed by atoms with van der Waals surface area (Å²) in [5.41, 5.74) is 3.88. The Bertz CT molecular complexity index is 1230. The second-order valence-corrected chi connectivity index (χ2v) is 7.10. The summed E-state index contributed by atoms with van der Waals surface area (Å²) in [6, 6.07) is 27.8. The molecule has 0 aliphatic rings. The van der Waals surface area contributed by atoms with Crippen LogP contribution in [0.4, 0.5) is 0 Å². The molecule has 4 rings (SSSR count). The highest BCUT2D eigenvalue weighted by Gasteiger charge is 2.17. The molecule has 0 radical (unpaired) electrons. The largest absolute Gasteiger partial charge is 0.478 e. The van der Waals surface area contributed by atoms with Gasteiger partial charge in [0.05, 0.1) is 6.61 Å². The zero-order chi connectivity index (χ0) is 21.6. The monoisotopic (exact) mass is 410 g/mol. The standard InChI is InChI=1S/C27H22O4/c1-30-18-22-17-21-9-5-6-10-24(21)27(26(22)20-7-3-2-4-8-20)31-23-14-11-19(12-15-23)13-16-25(28)29/h2-17H,18H2,1H3,(H,28,29)/b16-13+. The lowest BCUT2D eigenvalue weighted by atomic mass is 9.94. The smallest absolute Gasteiger partial charge is 0.328 e. The van der Waals surface area contributed by atoms with E-state index in [-0.39, 0.29) is 0 Å². The fraction of sp³-hybridized carbons (Fsp3) is 0.0741. The fourth-order valence-corrected chi connectivity index (χ4v) is 3.60. The summed E-state index contributed by atoms with van der Waals surface area (Å²) < 4.78 is 11.9. The summed E-state index contributed by atoms with van der Waals surface area (Å²) in [4.78, 5) is 10.7. The van der Waals surface area contributed by atoms with Gasteiger partial charge in [0, 0.05) is 24.1 Å². The maximum absolute atomic E-state index is 10.7. The molecule has 31 heavy (non-hydrogen) atoms. The molecule has 0 saturated carbocycles. The van der Waals surface area contributed by atoms with Crippen molar-refractivity contribution >= 4 is 22.8 Å². The van der Waals surface area contributed by atoms with Crippen molar-refractivity contribution in [2.24, 2.45) is 0 Å². The first-order valence-corrected chi connectivity index (χ1v) is 9.93. The lowest BCUT2D eigenvalue weighted by Crippen LogP contribution is -1.98. The Morgan fingerprint density at radius 2 is 1.65 bits per heavy atom. The fourth-order valence-electron chi connectivity index (χ4n) is 3.60. The normalized spacial score (nSPS) is 11.1. The predicted octanol–water partition coefficient (Wildman–Crippen LogP) is 6.54. The first-order valence-electron chi connectivity index (χ1n) is 9.93. The lowest BCUT2D eigenvalue weighted by molar-refractivity contribution is -0.131. The van der Waals surface area contributed by atoms with Crippen LogP contribution in [0.1, 0.15) is 11.1 Å². The molecule has 0 fully saturated rings. The molecule has 4 aromatic carbocycles. The van der Waals surface area contributed by atoms with E-state index in [0.717, 1.165) is 44.9 Å². The van der Waals surface area contributed by atoms with E-state index in [1.54, 1.807) is 13.2 Å². The topological polar surface area (TPSA) is 55.8 Å². The number of hydrogen-bond donors (Lipinski definition) is 1. The summed E-state index contributed by atoms with van der Waals surface area (Å²) in [5.74, 6) is 0.462. The number of hydrogen-bond acceptors (Lipinski definition) is 3. The van der Waals surface area contributed by atoms with Crippen LogP contribution in [-0.2, 0) is 16.1 Å². The highest BCUT2D eigenvalue weighted by molar-refractivity contribution is 5.97. The molecule has 4 heteroatoms. The maximum Gasteiger partial charge on any atom is 0.328 e. The number of aliphatic carboxylic acids is 1. The Morgan fingerprint density at radius 3 is 2.35 bits per heavy atom. The molecule has 0 bridgehead atoms. The van der Waals surface area contributed by atoms with Crippen molar-refractivity contribution in [3.05, 3.63) is 102 Å². The Labute approximate surface area is 181 Å². The van der Waals surface area contributed by atoms with Crippen LogP contribution < -0.4 is 4.74 Å². The minimum atomic E-state index is -0.978. The SMILES string of the molecule is COCc1cc2ccccc2c(Oc2ccc(/C=C/C(=O)O)cc2)c1-c1ccccc1. The van der Waals surface area contributed by atoms with Crippen LogP contribution in [0.25, 0.3) is 28.0 Å². The number of carboxylic acids is 1. The van der Waals surface area contributed by atoms with Gasteiger partial charge in [0.2, 0.25) is 0 Å². The number of methoxy groups -OCH3 is 1. The van der Waals surface area contributed by atoms with Crippen molar-refractivity contribution < 1.29 is 19.4 Å². The van der Waals surface area contributed by atoms with E-state index in [1.165, 1.54) is 0 Å². The Balaban J connectivity index is 1.84. The molecular weight excluding hydrogens is 388 g/mol. The average Bonchev–Trinajstić information content (AvgIpc) is 2.79. The molecule has 154 valence electrons. The van der Waals surface area contributed by atoms with Crippen molar-refractivity contribution in [3.63, 3.8) is 0 Å². The zero-order valence-corrected chi connectivity index (χ0v) is 17.1. The number of carboxylic acid groups (broad SMARTS) is 1. The van der Waals surface area contributed by atoms with Crippen LogP contribution in [-0.4, -0.2) is 18.2 Å². The third-order valence-electron chi connectivity index (χ3n) is 4.96. The molecule has 0 aromatic heterocycles. The molecule has 0 aliphatic carbocycles. The summed E-state index contributed by atoms with van der Waals surface area (Å²) in [6.45, 7) is 0.463. The molecule has 0 atom stereocenters. The number of rotatable bonds is 7. The average molecular weight is 410 g/mol. The van der Waals surface area contributed by atoms with Gasteiger partial charge in [-0.05, 0) is 46.4 Å². The summed E-state index contributed by atoms with van der Waals surface area (Å²) in [7, 11) is 1.69. The first kappa shape index (κ1) is 20.4. The zero-order valence-electron chi connectivity index (χ0n) is 17.1. The molecule has 0 saturated heterocycles. The van der Waals surface area contributed by atoms with Crippen LogP contribution in [0.15, 0.2) is 91.0 Å². The predicted molar refractivity (Wildman–Crippen MR) is 123 cm³/mol. The molecule has 0 spiro atoms. The van der Waals surface area contributed by atoms with Crippen molar-refractivity contribution in [1.29, 1.82) is 0 Å². The number of benzene rings is 4. The number of carbonyl (C=O) groups is 1. The summed E-state index contributed by atoms with van der Waals surface area (Å²) in [6.07, 6.45) is 2.67. The van der Waals surface area contributed by atoms with Gasteiger partial charge in [0.25, 0.3) is 0 Å². The van der Waals surface area contributed by atoms with Crippen LogP contribution in [0.2, 0.25) is 0 Å². The summed E-state index contributed by atoms with van der Waals surface area (Å²) >= 11 is 0. The van der Waals surface area contributed by atoms with E-state index in [2.05, 4.69) is 30.3 Å². The second kappa shape index (κ2) is 9.28. The highest BCUT2D eigenvalue weighted by Crippen LogP contribution is 2.42. The van der Waals surface area contributed by atoms with Crippen molar-refractivity contribution in [1.82, 2.24) is 0 Å². The molecule has 4 aromatic rings. The maximum atomic E-state index is 10.7. The van der Waals surface area contributed by atoms with Gasteiger partial charge in [-0.1, -0.05) is 66.7 Å². The van der Waals surface area contributed by atoms with Crippen LogP contribution >= 0.6 is 0 Å². The van der Waals surface area contributed by atoms with E-state index in [4.69, 9.17) is 14.6 Å². The van der Waals surface area contributed by atoms with Crippen molar-refractivity contribution in [2.75, 3.05) is 7.11 Å². The lowest BCUT2D eigenvalue weighted by Gasteiger charge is -2.19. The van der Waals surface area contributed by atoms with E-state index in [1.807, 2.05) is 54.6 Å². The van der Waals surface area contributed by atoms with E-state index in [0.29, 0.717) is 12.4 Å². The Kier molecular flexibility index (Phi) is 6.11. The van der Waals surface area contributed by atoms with Crippen molar-refractivity contribution in [2.45, 2.75) is 6.61 Å². The molecule has 1 N–H and O–H groups in total. The van der Waals surface area contributed by atoms with Gasteiger partial charge in [0.15, 0.2) is 0 Å². The Morgan fingerprint density at radius 1 is 0.935 bits per heavy atom. The molecular formula is C27H22O4. The van der Waals surface area contributed by atoms with E-state index in [9.17, 15) is 4.79 Å². The minimum Gasteiger partial charge on any atom is -0.478 e. The van der Waals surface area contributed by atoms with Crippen LogP contribution in [0.3, 0.4) is 0 Å². The summed E-state index contributed by atoms with van der Waals surface area (Å²) in [5, 5.41) is 10.9. The third-order valence-corrected chi connectivity index (χ3v) is 4.96. The second-order valence-electron chi connectivity index (χ2n) is 7.10. The Hall–Kier alpha value is -3.89. The molecule has 0 amide bonds. The molecule has 4 nitrogen and oxygen atoms in total. The van der Waals surface area contributed by atoms with Gasteiger partial charge in [-0.25, -0.2) is 4.79 Å². The van der Waals surface area contributed by atoms with E-state index < -0.39 is 5.97 Å². The molecule has 0 aliphatic heterocycles.